The summed E-state index contributed by atoms with van der Waals surface area (Å²) in [6.45, 7) is 2.55. The van der Waals surface area contributed by atoms with Crippen molar-refractivity contribution in [1.29, 1.82) is 0 Å². The predicted molar refractivity (Wildman–Crippen MR) is 68.9 cm³/mol. The molecule has 1 fully saturated rings. The standard InChI is InChI=1S/C11H16N4O2S/c1-14-3-4-15(7-9(14)16)6-8-2-5-18-10(8)11(17)13-12/h2,5H,3-4,6-7,12H2,1H3,(H,13,17). The van der Waals surface area contributed by atoms with Crippen LogP contribution < -0.4 is 11.3 Å². The highest BCUT2D eigenvalue weighted by Crippen LogP contribution is 2.19. The van der Waals surface area contributed by atoms with Crippen molar-refractivity contribution in [3.05, 3.63) is 21.9 Å². The third kappa shape index (κ3) is 2.69. The zero-order valence-corrected chi connectivity index (χ0v) is 11.0. The summed E-state index contributed by atoms with van der Waals surface area (Å²) < 4.78 is 0. The van der Waals surface area contributed by atoms with Crippen LogP contribution in [0.25, 0.3) is 0 Å². The average molecular weight is 268 g/mol. The molecule has 18 heavy (non-hydrogen) atoms. The largest absolute Gasteiger partial charge is 0.343 e. The normalized spacial score (nSPS) is 17.0. The van der Waals surface area contributed by atoms with Gasteiger partial charge >= 0.3 is 0 Å². The fourth-order valence-corrected chi connectivity index (χ4v) is 2.73. The Bertz CT molecular complexity index is 460. The van der Waals surface area contributed by atoms with Gasteiger partial charge in [-0.15, -0.1) is 11.3 Å². The Morgan fingerprint density at radius 3 is 3.00 bits per heavy atom. The highest BCUT2D eigenvalue weighted by Gasteiger charge is 2.22. The van der Waals surface area contributed by atoms with Crippen molar-refractivity contribution in [1.82, 2.24) is 15.2 Å². The molecule has 3 N–H and O–H groups in total. The van der Waals surface area contributed by atoms with Crippen LogP contribution in [-0.2, 0) is 11.3 Å². The highest BCUT2D eigenvalue weighted by atomic mass is 32.1. The topological polar surface area (TPSA) is 78.7 Å². The third-order valence-corrected chi connectivity index (χ3v) is 3.97. The van der Waals surface area contributed by atoms with Gasteiger partial charge in [0.15, 0.2) is 0 Å². The van der Waals surface area contributed by atoms with Crippen LogP contribution >= 0.6 is 11.3 Å². The predicted octanol–water partition coefficient (Wildman–Crippen LogP) is -0.374. The molecule has 6 nitrogen and oxygen atoms in total. The monoisotopic (exact) mass is 268 g/mol. The second-order valence-electron chi connectivity index (χ2n) is 4.27. The Labute approximate surface area is 109 Å². The fourth-order valence-electron chi connectivity index (χ4n) is 1.91. The minimum absolute atomic E-state index is 0.112. The second-order valence-corrected chi connectivity index (χ2v) is 5.19. The summed E-state index contributed by atoms with van der Waals surface area (Å²) in [4.78, 5) is 27.5. The van der Waals surface area contributed by atoms with Crippen molar-refractivity contribution in [3.63, 3.8) is 0 Å². The average Bonchev–Trinajstić information content (AvgIpc) is 2.81. The van der Waals surface area contributed by atoms with Crippen molar-refractivity contribution < 1.29 is 9.59 Å². The minimum atomic E-state index is -0.277. The smallest absolute Gasteiger partial charge is 0.275 e. The summed E-state index contributed by atoms with van der Waals surface area (Å²) in [7, 11) is 1.80. The molecule has 2 heterocycles. The molecule has 1 saturated heterocycles. The number of hydrogen-bond donors (Lipinski definition) is 2. The molecule has 1 aromatic heterocycles. The molecule has 0 aromatic carbocycles. The van der Waals surface area contributed by atoms with Crippen LogP contribution in [0, 0.1) is 0 Å². The first-order valence-corrected chi connectivity index (χ1v) is 6.53. The van der Waals surface area contributed by atoms with E-state index in [2.05, 4.69) is 5.43 Å². The number of nitrogens with one attached hydrogen (secondary N) is 1. The number of nitrogens with zero attached hydrogens (tertiary/aromatic N) is 2. The van der Waals surface area contributed by atoms with Gasteiger partial charge in [0.25, 0.3) is 5.91 Å². The van der Waals surface area contributed by atoms with Gasteiger partial charge in [-0.1, -0.05) is 0 Å². The van der Waals surface area contributed by atoms with Gasteiger partial charge in [0.2, 0.25) is 5.91 Å². The van der Waals surface area contributed by atoms with Crippen LogP contribution in [0.1, 0.15) is 15.2 Å². The molecule has 0 unspecified atom stereocenters. The van der Waals surface area contributed by atoms with E-state index in [-0.39, 0.29) is 11.8 Å². The maximum Gasteiger partial charge on any atom is 0.275 e. The minimum Gasteiger partial charge on any atom is -0.343 e. The van der Waals surface area contributed by atoms with E-state index in [0.29, 0.717) is 18.0 Å². The van der Waals surface area contributed by atoms with Crippen molar-refractivity contribution in [2.45, 2.75) is 6.54 Å². The van der Waals surface area contributed by atoms with Crippen LogP contribution in [0.15, 0.2) is 11.4 Å². The molecule has 0 saturated carbocycles. The zero-order chi connectivity index (χ0) is 13.1. The summed E-state index contributed by atoms with van der Waals surface area (Å²) in [5.41, 5.74) is 3.06. The molecule has 0 radical (unpaired) electrons. The number of amides is 2. The highest BCUT2D eigenvalue weighted by molar-refractivity contribution is 7.12. The van der Waals surface area contributed by atoms with Crippen LogP contribution in [0.2, 0.25) is 0 Å². The Balaban J connectivity index is 2.04. The second kappa shape index (κ2) is 5.47. The maximum absolute atomic E-state index is 11.6. The molecule has 0 spiro atoms. The molecular weight excluding hydrogens is 252 g/mol. The lowest BCUT2D eigenvalue weighted by atomic mass is 10.2. The number of nitrogens with two attached hydrogens (primary N) is 1. The van der Waals surface area contributed by atoms with Gasteiger partial charge in [-0.2, -0.15) is 0 Å². The summed E-state index contributed by atoms with van der Waals surface area (Å²) in [6.07, 6.45) is 0. The lowest BCUT2D eigenvalue weighted by Gasteiger charge is -2.31. The van der Waals surface area contributed by atoms with E-state index < -0.39 is 0 Å². The van der Waals surface area contributed by atoms with Gasteiger partial charge in [-0.05, 0) is 17.0 Å². The third-order valence-electron chi connectivity index (χ3n) is 3.01. The van der Waals surface area contributed by atoms with Crippen LogP contribution in [0.3, 0.4) is 0 Å². The van der Waals surface area contributed by atoms with Gasteiger partial charge in [-0.3, -0.25) is 19.9 Å². The molecule has 0 aliphatic carbocycles. The molecular formula is C11H16N4O2S. The molecule has 1 aromatic rings. The Morgan fingerprint density at radius 2 is 2.33 bits per heavy atom. The van der Waals surface area contributed by atoms with Crippen LogP contribution in [0.4, 0.5) is 0 Å². The molecule has 7 heteroatoms. The maximum atomic E-state index is 11.6. The van der Waals surface area contributed by atoms with Crippen LogP contribution in [-0.4, -0.2) is 48.3 Å². The Morgan fingerprint density at radius 1 is 1.56 bits per heavy atom. The number of hydrazine groups is 1. The SMILES string of the molecule is CN1CCN(Cc2ccsc2C(=O)NN)CC1=O. The van der Waals surface area contributed by atoms with Crippen molar-refractivity contribution >= 4 is 23.2 Å². The van der Waals surface area contributed by atoms with Gasteiger partial charge < -0.3 is 4.90 Å². The van der Waals surface area contributed by atoms with Crippen molar-refractivity contribution in [2.75, 3.05) is 26.7 Å². The van der Waals surface area contributed by atoms with Crippen molar-refractivity contribution in [3.8, 4) is 0 Å². The fraction of sp³-hybridized carbons (Fsp3) is 0.455. The van der Waals surface area contributed by atoms with Crippen LogP contribution in [0.5, 0.6) is 0 Å². The Kier molecular flexibility index (Phi) is 3.95. The van der Waals surface area contributed by atoms with E-state index in [1.807, 2.05) is 16.3 Å². The summed E-state index contributed by atoms with van der Waals surface area (Å²) >= 11 is 1.36. The first-order valence-electron chi connectivity index (χ1n) is 5.65. The quantitative estimate of drug-likeness (QED) is 0.445. The Hall–Kier alpha value is -1.44. The number of thiophene rings is 1. The number of rotatable bonds is 3. The lowest BCUT2D eigenvalue weighted by Crippen LogP contribution is -2.48. The summed E-state index contributed by atoms with van der Waals surface area (Å²) in [5, 5.41) is 1.86. The number of likely N-dealkylation sites (N-methyl/N-ethyl adjacent to an activating group) is 1. The number of hydrogen-bond acceptors (Lipinski definition) is 5. The zero-order valence-electron chi connectivity index (χ0n) is 10.2. The van der Waals surface area contributed by atoms with E-state index in [4.69, 9.17) is 5.84 Å². The van der Waals surface area contributed by atoms with E-state index >= 15 is 0 Å². The van der Waals surface area contributed by atoms with Crippen molar-refractivity contribution in [2.24, 2.45) is 5.84 Å². The van der Waals surface area contributed by atoms with Gasteiger partial charge in [0, 0.05) is 26.7 Å². The molecule has 2 amide bonds. The van der Waals surface area contributed by atoms with E-state index in [1.165, 1.54) is 11.3 Å². The van der Waals surface area contributed by atoms with Gasteiger partial charge in [0.05, 0.1) is 11.4 Å². The molecule has 2 rings (SSSR count). The lowest BCUT2D eigenvalue weighted by molar-refractivity contribution is -0.134. The van der Waals surface area contributed by atoms with E-state index in [0.717, 1.165) is 18.7 Å². The number of carbonyl (C=O) groups is 2. The number of nitrogen functional groups attached to an aromatic ring is 1. The number of piperazine rings is 1. The molecule has 98 valence electrons. The van der Waals surface area contributed by atoms with E-state index in [9.17, 15) is 9.59 Å². The van der Waals surface area contributed by atoms with E-state index in [1.54, 1.807) is 11.9 Å². The molecule has 0 bridgehead atoms. The van der Waals surface area contributed by atoms with Gasteiger partial charge in [-0.25, -0.2) is 5.84 Å². The molecule has 1 aliphatic heterocycles. The first-order chi connectivity index (χ1) is 8.61. The molecule has 0 atom stereocenters. The number of carbonyl (C=O) groups excluding carboxylic acids is 2. The molecule has 1 aliphatic rings. The first kappa shape index (κ1) is 13.0. The summed E-state index contributed by atoms with van der Waals surface area (Å²) in [5.74, 6) is 4.97. The van der Waals surface area contributed by atoms with Gasteiger partial charge in [0.1, 0.15) is 0 Å². The summed E-state index contributed by atoms with van der Waals surface area (Å²) in [6, 6.07) is 1.90.